The Morgan fingerprint density at radius 1 is 1.53 bits per heavy atom. The van der Waals surface area contributed by atoms with Gasteiger partial charge in [0, 0.05) is 18.0 Å². The number of hydrogen-bond donors (Lipinski definition) is 2. The normalized spacial score (nSPS) is 18.3. The lowest BCUT2D eigenvalue weighted by Crippen LogP contribution is -2.22. The maximum Gasteiger partial charge on any atom is 0.303 e. The van der Waals surface area contributed by atoms with E-state index in [-0.39, 0.29) is 12.5 Å². The molecule has 0 spiro atoms. The van der Waals surface area contributed by atoms with E-state index < -0.39 is 5.97 Å². The summed E-state index contributed by atoms with van der Waals surface area (Å²) in [6.45, 7) is 3.54. The molecule has 19 heavy (non-hydrogen) atoms. The number of carboxylic acids is 1. The van der Waals surface area contributed by atoms with E-state index in [2.05, 4.69) is 30.4 Å². The van der Waals surface area contributed by atoms with Gasteiger partial charge in [0.05, 0.1) is 6.61 Å². The SMILES string of the molecule is Cc1cccc2c1OCCCC2NCCCC(=O)O. The maximum atomic E-state index is 10.5. The molecule has 1 atom stereocenters. The summed E-state index contributed by atoms with van der Waals surface area (Å²) < 4.78 is 5.82. The number of para-hydroxylation sites is 1. The minimum absolute atomic E-state index is 0.219. The summed E-state index contributed by atoms with van der Waals surface area (Å²) in [4.78, 5) is 10.5. The van der Waals surface area contributed by atoms with Gasteiger partial charge in [-0.1, -0.05) is 18.2 Å². The van der Waals surface area contributed by atoms with Gasteiger partial charge in [-0.2, -0.15) is 0 Å². The lowest BCUT2D eigenvalue weighted by molar-refractivity contribution is -0.137. The second-order valence-corrected chi connectivity index (χ2v) is 4.99. The van der Waals surface area contributed by atoms with Crippen molar-refractivity contribution in [3.63, 3.8) is 0 Å². The van der Waals surface area contributed by atoms with Gasteiger partial charge in [-0.25, -0.2) is 0 Å². The molecule has 2 rings (SSSR count). The molecule has 1 aliphatic heterocycles. The van der Waals surface area contributed by atoms with Gasteiger partial charge in [0.25, 0.3) is 0 Å². The molecule has 0 amide bonds. The van der Waals surface area contributed by atoms with Crippen LogP contribution in [0.5, 0.6) is 5.75 Å². The summed E-state index contributed by atoms with van der Waals surface area (Å²) in [5.74, 6) is 0.262. The van der Waals surface area contributed by atoms with E-state index in [0.29, 0.717) is 6.42 Å². The topological polar surface area (TPSA) is 58.6 Å². The molecule has 0 fully saturated rings. The van der Waals surface area contributed by atoms with Crippen molar-refractivity contribution in [1.29, 1.82) is 0 Å². The fraction of sp³-hybridized carbons (Fsp3) is 0.533. The van der Waals surface area contributed by atoms with Crippen LogP contribution in [0.15, 0.2) is 18.2 Å². The monoisotopic (exact) mass is 263 g/mol. The fourth-order valence-electron chi connectivity index (χ4n) is 2.49. The molecule has 104 valence electrons. The van der Waals surface area contributed by atoms with Crippen LogP contribution in [0.3, 0.4) is 0 Å². The number of fused-ring (bicyclic) bond motifs is 1. The summed E-state index contributed by atoms with van der Waals surface area (Å²) in [5, 5.41) is 12.1. The van der Waals surface area contributed by atoms with Crippen LogP contribution in [0.4, 0.5) is 0 Å². The van der Waals surface area contributed by atoms with E-state index in [0.717, 1.165) is 37.3 Å². The first-order valence-corrected chi connectivity index (χ1v) is 6.86. The summed E-state index contributed by atoms with van der Waals surface area (Å²) in [6.07, 6.45) is 2.93. The van der Waals surface area contributed by atoms with E-state index in [1.54, 1.807) is 0 Å². The standard InChI is InChI=1S/C15H21NO3/c1-11-5-2-6-12-13(7-4-10-19-15(11)12)16-9-3-8-14(17)18/h2,5-6,13,16H,3-4,7-10H2,1H3,(H,17,18). The predicted octanol–water partition coefficient (Wildman–Crippen LogP) is 2.66. The zero-order valence-electron chi connectivity index (χ0n) is 11.3. The molecule has 1 aromatic carbocycles. The van der Waals surface area contributed by atoms with Crippen molar-refractivity contribution in [1.82, 2.24) is 5.32 Å². The molecule has 0 saturated carbocycles. The van der Waals surface area contributed by atoms with E-state index in [1.165, 1.54) is 5.56 Å². The molecule has 0 saturated heterocycles. The molecule has 0 bridgehead atoms. The first kappa shape index (κ1) is 13.9. The highest BCUT2D eigenvalue weighted by molar-refractivity contribution is 5.66. The molecule has 1 aromatic rings. The van der Waals surface area contributed by atoms with Gasteiger partial charge in [0.15, 0.2) is 0 Å². The molecule has 0 aromatic heterocycles. The minimum Gasteiger partial charge on any atom is -0.493 e. The van der Waals surface area contributed by atoms with Gasteiger partial charge in [0.1, 0.15) is 5.75 Å². The van der Waals surface area contributed by atoms with Gasteiger partial charge < -0.3 is 15.2 Å². The third-order valence-electron chi connectivity index (χ3n) is 3.46. The summed E-state index contributed by atoms with van der Waals surface area (Å²) in [5.41, 5.74) is 2.37. The smallest absolute Gasteiger partial charge is 0.303 e. The Kier molecular flexibility index (Phi) is 4.80. The van der Waals surface area contributed by atoms with Crippen LogP contribution < -0.4 is 10.1 Å². The second kappa shape index (κ2) is 6.57. The number of benzene rings is 1. The average molecular weight is 263 g/mol. The number of aryl methyl sites for hydroxylation is 1. The van der Waals surface area contributed by atoms with Crippen LogP contribution in [0.2, 0.25) is 0 Å². The van der Waals surface area contributed by atoms with Gasteiger partial charge in [-0.3, -0.25) is 4.79 Å². The van der Waals surface area contributed by atoms with Crippen LogP contribution in [-0.4, -0.2) is 24.2 Å². The number of carboxylic acid groups (broad SMARTS) is 1. The summed E-state index contributed by atoms with van der Waals surface area (Å²) in [6, 6.07) is 6.48. The molecule has 4 nitrogen and oxygen atoms in total. The highest BCUT2D eigenvalue weighted by atomic mass is 16.5. The fourth-order valence-corrected chi connectivity index (χ4v) is 2.49. The molecular formula is C15H21NO3. The average Bonchev–Trinajstić information content (AvgIpc) is 2.58. The number of nitrogens with one attached hydrogen (secondary N) is 1. The lowest BCUT2D eigenvalue weighted by atomic mass is 9.99. The third kappa shape index (κ3) is 3.70. The van der Waals surface area contributed by atoms with Crippen molar-refractivity contribution in [2.24, 2.45) is 0 Å². The first-order valence-electron chi connectivity index (χ1n) is 6.86. The number of hydrogen-bond acceptors (Lipinski definition) is 3. The highest BCUT2D eigenvalue weighted by Gasteiger charge is 2.20. The van der Waals surface area contributed by atoms with Crippen molar-refractivity contribution in [2.45, 2.75) is 38.6 Å². The van der Waals surface area contributed by atoms with Crippen LogP contribution in [0, 0.1) is 6.92 Å². The van der Waals surface area contributed by atoms with E-state index in [4.69, 9.17) is 9.84 Å². The van der Waals surface area contributed by atoms with Crippen LogP contribution >= 0.6 is 0 Å². The van der Waals surface area contributed by atoms with Gasteiger partial charge in [-0.05, 0) is 38.3 Å². The quantitative estimate of drug-likeness (QED) is 0.802. The Bertz CT molecular complexity index is 445. The number of ether oxygens (including phenoxy) is 1. The molecule has 0 radical (unpaired) electrons. The Morgan fingerprint density at radius 3 is 3.16 bits per heavy atom. The summed E-state index contributed by atoms with van der Waals surface area (Å²) in [7, 11) is 0. The Balaban J connectivity index is 2.01. The van der Waals surface area contributed by atoms with Gasteiger partial charge >= 0.3 is 5.97 Å². The Hall–Kier alpha value is -1.55. The van der Waals surface area contributed by atoms with E-state index in [9.17, 15) is 4.79 Å². The molecule has 4 heteroatoms. The van der Waals surface area contributed by atoms with Crippen LogP contribution in [0.1, 0.15) is 42.9 Å². The molecule has 1 aliphatic rings. The number of carbonyl (C=O) groups is 1. The Morgan fingerprint density at radius 2 is 2.37 bits per heavy atom. The van der Waals surface area contributed by atoms with Crippen molar-refractivity contribution < 1.29 is 14.6 Å². The zero-order chi connectivity index (χ0) is 13.7. The maximum absolute atomic E-state index is 10.5. The molecule has 0 aliphatic carbocycles. The van der Waals surface area contributed by atoms with Crippen molar-refractivity contribution in [3.8, 4) is 5.75 Å². The minimum atomic E-state index is -0.734. The summed E-state index contributed by atoms with van der Waals surface area (Å²) >= 11 is 0. The van der Waals surface area contributed by atoms with Gasteiger partial charge in [0.2, 0.25) is 0 Å². The molecule has 1 heterocycles. The van der Waals surface area contributed by atoms with Crippen molar-refractivity contribution in [3.05, 3.63) is 29.3 Å². The zero-order valence-corrected chi connectivity index (χ0v) is 11.3. The highest BCUT2D eigenvalue weighted by Crippen LogP contribution is 2.33. The number of rotatable bonds is 5. The third-order valence-corrected chi connectivity index (χ3v) is 3.46. The lowest BCUT2D eigenvalue weighted by Gasteiger charge is -2.19. The van der Waals surface area contributed by atoms with Crippen molar-refractivity contribution in [2.75, 3.05) is 13.2 Å². The van der Waals surface area contributed by atoms with Crippen LogP contribution in [-0.2, 0) is 4.79 Å². The second-order valence-electron chi connectivity index (χ2n) is 4.99. The van der Waals surface area contributed by atoms with Crippen molar-refractivity contribution >= 4 is 5.97 Å². The van der Waals surface area contributed by atoms with E-state index >= 15 is 0 Å². The molecule has 2 N–H and O–H groups in total. The number of aliphatic carboxylic acids is 1. The largest absolute Gasteiger partial charge is 0.493 e. The Labute approximate surface area is 113 Å². The predicted molar refractivity (Wildman–Crippen MR) is 73.5 cm³/mol. The van der Waals surface area contributed by atoms with Crippen LogP contribution in [0.25, 0.3) is 0 Å². The van der Waals surface area contributed by atoms with E-state index in [1.807, 2.05) is 0 Å². The molecular weight excluding hydrogens is 242 g/mol. The van der Waals surface area contributed by atoms with Gasteiger partial charge in [-0.15, -0.1) is 0 Å². The first-order chi connectivity index (χ1) is 9.18. The molecule has 1 unspecified atom stereocenters.